The van der Waals surface area contributed by atoms with Crippen LogP contribution in [0.25, 0.3) is 0 Å². The number of nitrogens with one attached hydrogen (secondary N) is 1. The summed E-state index contributed by atoms with van der Waals surface area (Å²) in [6, 6.07) is 0.252. The molecule has 1 N–H and O–H groups in total. The molecule has 0 aromatic carbocycles. The minimum Gasteiger partial charge on any atom is -0.212 e. The van der Waals surface area contributed by atoms with Gasteiger partial charge in [0.2, 0.25) is 10.0 Å². The van der Waals surface area contributed by atoms with Gasteiger partial charge in [0.15, 0.2) is 0 Å². The normalized spacial score (nSPS) is 17.2. The first-order chi connectivity index (χ1) is 6.64. The van der Waals surface area contributed by atoms with E-state index < -0.39 is 10.0 Å². The van der Waals surface area contributed by atoms with Crippen molar-refractivity contribution in [3.05, 3.63) is 0 Å². The second kappa shape index (κ2) is 6.08. The van der Waals surface area contributed by atoms with Crippen molar-refractivity contribution < 1.29 is 8.42 Å². The Morgan fingerprint density at radius 2 is 1.79 bits per heavy atom. The Hall–Kier alpha value is 0.390. The summed E-state index contributed by atoms with van der Waals surface area (Å²) in [5.74, 6) is 0.297. The van der Waals surface area contributed by atoms with Crippen LogP contribution in [0.1, 0.15) is 38.5 Å². The second-order valence-corrected chi connectivity index (χ2v) is 6.48. The first kappa shape index (κ1) is 12.5. The van der Waals surface area contributed by atoms with Gasteiger partial charge in [-0.3, -0.25) is 0 Å². The quantitative estimate of drug-likeness (QED) is 0.547. The molecule has 0 atom stereocenters. The maximum atomic E-state index is 11.4. The van der Waals surface area contributed by atoms with E-state index in [0.717, 1.165) is 43.9 Å². The van der Waals surface area contributed by atoms with E-state index in [1.807, 2.05) is 0 Å². The summed E-state index contributed by atoms with van der Waals surface area (Å²) >= 11 is 3.35. The van der Waals surface area contributed by atoms with E-state index in [9.17, 15) is 8.42 Å². The average Bonchev–Trinajstić information content (AvgIpc) is 2.87. The van der Waals surface area contributed by atoms with Crippen molar-refractivity contribution >= 4 is 26.0 Å². The molecule has 0 radical (unpaired) electrons. The average molecular weight is 284 g/mol. The Bertz CT molecular complexity index is 250. The largest absolute Gasteiger partial charge is 0.212 e. The van der Waals surface area contributed by atoms with E-state index in [0.29, 0.717) is 5.75 Å². The SMILES string of the molecule is O=S(=O)(CCCCCCBr)NC1CC1. The van der Waals surface area contributed by atoms with Crippen molar-refractivity contribution in [2.24, 2.45) is 0 Å². The Balaban J connectivity index is 2.03. The number of hydrogen-bond donors (Lipinski definition) is 1. The lowest BCUT2D eigenvalue weighted by Crippen LogP contribution is -2.28. The molecule has 0 amide bonds. The summed E-state index contributed by atoms with van der Waals surface area (Å²) in [4.78, 5) is 0. The molecular weight excluding hydrogens is 266 g/mol. The highest BCUT2D eigenvalue weighted by Crippen LogP contribution is 2.20. The molecule has 84 valence electrons. The van der Waals surface area contributed by atoms with Crippen molar-refractivity contribution in [3.8, 4) is 0 Å². The van der Waals surface area contributed by atoms with Gasteiger partial charge in [0.1, 0.15) is 0 Å². The minimum atomic E-state index is -2.97. The van der Waals surface area contributed by atoms with Gasteiger partial charge in [-0.2, -0.15) is 0 Å². The highest BCUT2D eigenvalue weighted by atomic mass is 79.9. The molecule has 1 aliphatic rings. The third-order valence-electron chi connectivity index (χ3n) is 2.22. The van der Waals surface area contributed by atoms with Crippen LogP contribution in [0.5, 0.6) is 0 Å². The molecule has 0 aromatic heterocycles. The molecule has 0 bridgehead atoms. The van der Waals surface area contributed by atoms with E-state index in [4.69, 9.17) is 0 Å². The van der Waals surface area contributed by atoms with Crippen LogP contribution in [-0.2, 0) is 10.0 Å². The standard InChI is InChI=1S/C9H18BrNO2S/c10-7-3-1-2-4-8-14(12,13)11-9-5-6-9/h9,11H,1-8H2. The van der Waals surface area contributed by atoms with Crippen molar-refractivity contribution in [3.63, 3.8) is 0 Å². The van der Waals surface area contributed by atoms with Gasteiger partial charge in [0, 0.05) is 11.4 Å². The highest BCUT2D eigenvalue weighted by molar-refractivity contribution is 9.09. The van der Waals surface area contributed by atoms with Crippen molar-refractivity contribution in [1.82, 2.24) is 4.72 Å². The van der Waals surface area contributed by atoms with E-state index in [1.54, 1.807) is 0 Å². The predicted molar refractivity (Wildman–Crippen MR) is 62.2 cm³/mol. The molecule has 0 aliphatic heterocycles. The monoisotopic (exact) mass is 283 g/mol. The Morgan fingerprint density at radius 3 is 2.36 bits per heavy atom. The van der Waals surface area contributed by atoms with Crippen LogP contribution in [0.2, 0.25) is 0 Å². The molecule has 0 spiro atoms. The molecule has 3 nitrogen and oxygen atoms in total. The minimum absolute atomic E-state index is 0.252. The van der Waals surface area contributed by atoms with Gasteiger partial charge in [-0.15, -0.1) is 0 Å². The van der Waals surface area contributed by atoms with E-state index in [-0.39, 0.29) is 6.04 Å². The summed E-state index contributed by atoms with van der Waals surface area (Å²) in [6.45, 7) is 0. The van der Waals surface area contributed by atoms with E-state index >= 15 is 0 Å². The molecule has 1 fully saturated rings. The highest BCUT2D eigenvalue weighted by Gasteiger charge is 2.26. The van der Waals surface area contributed by atoms with Crippen molar-refractivity contribution in [2.45, 2.75) is 44.6 Å². The number of halogens is 1. The maximum Gasteiger partial charge on any atom is 0.211 e. The number of hydrogen-bond acceptors (Lipinski definition) is 2. The lowest BCUT2D eigenvalue weighted by atomic mass is 10.2. The molecule has 0 aromatic rings. The fraction of sp³-hybridized carbons (Fsp3) is 1.00. The molecular formula is C9H18BrNO2S. The number of sulfonamides is 1. The molecule has 0 heterocycles. The Labute approximate surface area is 94.8 Å². The summed E-state index contributed by atoms with van der Waals surface area (Å²) in [7, 11) is -2.97. The van der Waals surface area contributed by atoms with Gasteiger partial charge in [-0.1, -0.05) is 28.8 Å². The third-order valence-corrected chi connectivity index (χ3v) is 4.30. The summed E-state index contributed by atoms with van der Waals surface area (Å²) in [6.07, 6.45) is 6.08. The molecule has 0 saturated heterocycles. The molecule has 1 rings (SSSR count). The fourth-order valence-electron chi connectivity index (χ4n) is 1.25. The van der Waals surface area contributed by atoms with Crippen LogP contribution in [0.3, 0.4) is 0 Å². The predicted octanol–water partition coefficient (Wildman–Crippen LogP) is 2.02. The molecule has 14 heavy (non-hydrogen) atoms. The van der Waals surface area contributed by atoms with Gasteiger partial charge in [-0.05, 0) is 25.7 Å². The van der Waals surface area contributed by atoms with Gasteiger partial charge in [0.05, 0.1) is 5.75 Å². The van der Waals surface area contributed by atoms with E-state index in [1.165, 1.54) is 0 Å². The van der Waals surface area contributed by atoms with Gasteiger partial charge < -0.3 is 0 Å². The third kappa shape index (κ3) is 5.98. The van der Waals surface area contributed by atoms with Gasteiger partial charge >= 0.3 is 0 Å². The number of alkyl halides is 1. The lowest BCUT2D eigenvalue weighted by molar-refractivity contribution is 0.574. The number of unbranched alkanes of at least 4 members (excludes halogenated alkanes) is 3. The molecule has 5 heteroatoms. The zero-order valence-corrected chi connectivity index (χ0v) is 10.7. The molecule has 1 saturated carbocycles. The summed E-state index contributed by atoms with van der Waals surface area (Å²) in [5.41, 5.74) is 0. The Morgan fingerprint density at radius 1 is 1.14 bits per heavy atom. The first-order valence-corrected chi connectivity index (χ1v) is 7.97. The van der Waals surface area contributed by atoms with Crippen LogP contribution < -0.4 is 4.72 Å². The summed E-state index contributed by atoms with van der Waals surface area (Å²) in [5, 5.41) is 1.01. The lowest BCUT2D eigenvalue weighted by Gasteiger charge is -2.04. The Kier molecular flexibility index (Phi) is 5.41. The maximum absolute atomic E-state index is 11.4. The topological polar surface area (TPSA) is 46.2 Å². The van der Waals surface area contributed by atoms with Crippen LogP contribution >= 0.6 is 15.9 Å². The van der Waals surface area contributed by atoms with Crippen molar-refractivity contribution in [1.29, 1.82) is 0 Å². The van der Waals surface area contributed by atoms with Crippen LogP contribution in [0.4, 0.5) is 0 Å². The zero-order valence-electron chi connectivity index (χ0n) is 8.34. The van der Waals surface area contributed by atoms with Gasteiger partial charge in [-0.25, -0.2) is 13.1 Å². The smallest absolute Gasteiger partial charge is 0.211 e. The van der Waals surface area contributed by atoms with E-state index in [2.05, 4.69) is 20.7 Å². The van der Waals surface area contributed by atoms with Crippen LogP contribution in [0.15, 0.2) is 0 Å². The van der Waals surface area contributed by atoms with Crippen LogP contribution in [0, 0.1) is 0 Å². The summed E-state index contributed by atoms with van der Waals surface area (Å²) < 4.78 is 25.5. The molecule has 1 aliphatic carbocycles. The van der Waals surface area contributed by atoms with Crippen LogP contribution in [-0.4, -0.2) is 25.5 Å². The number of rotatable bonds is 8. The molecule has 0 unspecified atom stereocenters. The fourth-order valence-corrected chi connectivity index (χ4v) is 3.10. The first-order valence-electron chi connectivity index (χ1n) is 5.20. The van der Waals surface area contributed by atoms with Gasteiger partial charge in [0.25, 0.3) is 0 Å². The zero-order chi connectivity index (χ0) is 10.4. The second-order valence-electron chi connectivity index (χ2n) is 3.81. The van der Waals surface area contributed by atoms with Crippen molar-refractivity contribution in [2.75, 3.05) is 11.1 Å².